The molecule has 0 aromatic carbocycles. The minimum absolute atomic E-state index is 0. The van der Waals surface area contributed by atoms with Gasteiger partial charge in [-0.1, -0.05) is 51.8 Å². The van der Waals surface area contributed by atoms with Crippen LogP contribution in [0.1, 0.15) is 66.2 Å². The Kier molecular flexibility index (Phi) is 6.12. The summed E-state index contributed by atoms with van der Waals surface area (Å²) >= 11 is 0. The molecule has 1 fully saturated rings. The maximum atomic E-state index is 11.8. The van der Waals surface area contributed by atoms with Gasteiger partial charge in [0.2, 0.25) is 0 Å². The van der Waals surface area contributed by atoms with Crippen LogP contribution in [0.5, 0.6) is 0 Å². The van der Waals surface area contributed by atoms with Crippen LogP contribution in [0.3, 0.4) is 0 Å². The molecule has 1 saturated carbocycles. The summed E-state index contributed by atoms with van der Waals surface area (Å²) in [6, 6.07) is 0. The van der Waals surface area contributed by atoms with Crippen LogP contribution in [0, 0.1) is 28.6 Å². The van der Waals surface area contributed by atoms with E-state index in [4.69, 9.17) is 0 Å². The molecule has 23 heavy (non-hydrogen) atoms. The molecule has 0 spiro atoms. The van der Waals surface area contributed by atoms with Crippen LogP contribution < -0.4 is 56.5 Å². The van der Waals surface area contributed by atoms with Crippen LogP contribution in [-0.2, 0) is 4.79 Å². The molecule has 0 radical (unpaired) electrons. The van der Waals surface area contributed by atoms with Crippen LogP contribution in [0.2, 0.25) is 0 Å². The molecule has 2 nitrogen and oxygen atoms in total. The van der Waals surface area contributed by atoms with E-state index in [1.54, 1.807) is 5.57 Å². The Morgan fingerprint density at radius 1 is 1.30 bits per heavy atom. The summed E-state index contributed by atoms with van der Waals surface area (Å²) in [5.74, 6) is 0.538. The number of allylic oxidation sites excluding steroid dienone is 4. The van der Waals surface area contributed by atoms with E-state index in [2.05, 4.69) is 32.9 Å². The van der Waals surface area contributed by atoms with Crippen LogP contribution in [0.25, 0.3) is 0 Å². The van der Waals surface area contributed by atoms with Crippen molar-refractivity contribution < 1.29 is 61.3 Å². The molecule has 3 rings (SSSR count). The first-order chi connectivity index (χ1) is 10.3. The molecule has 0 aliphatic heterocycles. The van der Waals surface area contributed by atoms with Gasteiger partial charge in [0.15, 0.2) is 0 Å². The number of carboxylic acids is 1. The Hall–Kier alpha value is 0.586. The number of aliphatic carboxylic acids is 1. The third-order valence-corrected chi connectivity index (χ3v) is 7.05. The number of fused-ring (bicyclic) bond motifs is 3. The van der Waals surface area contributed by atoms with Crippen molar-refractivity contribution in [1.82, 2.24) is 0 Å². The van der Waals surface area contributed by atoms with Gasteiger partial charge < -0.3 is 9.90 Å². The molecule has 0 aromatic heterocycles. The van der Waals surface area contributed by atoms with Crippen LogP contribution in [0.4, 0.5) is 0 Å². The third-order valence-electron chi connectivity index (χ3n) is 7.05. The van der Waals surface area contributed by atoms with Crippen molar-refractivity contribution in [2.24, 2.45) is 28.6 Å². The van der Waals surface area contributed by atoms with E-state index in [1.165, 1.54) is 18.4 Å². The summed E-state index contributed by atoms with van der Waals surface area (Å²) in [7, 11) is 0. The quantitative estimate of drug-likeness (QED) is 0.700. The van der Waals surface area contributed by atoms with E-state index in [0.717, 1.165) is 25.7 Å². The van der Waals surface area contributed by atoms with Gasteiger partial charge in [-0.15, -0.1) is 0 Å². The number of hydrogen-bond donors (Lipinski definition) is 0. The molecule has 0 aromatic rings. The number of hydrogen-bond acceptors (Lipinski definition) is 2. The van der Waals surface area contributed by atoms with Gasteiger partial charge in [0.05, 0.1) is 0 Å². The average Bonchev–Trinajstić information content (AvgIpc) is 2.46. The maximum absolute atomic E-state index is 11.8. The monoisotopic (exact) mass is 340 g/mol. The fraction of sp³-hybridized carbons (Fsp3) is 0.750. The van der Waals surface area contributed by atoms with Gasteiger partial charge >= 0.3 is 51.4 Å². The normalized spacial score (nSPS) is 39.5. The van der Waals surface area contributed by atoms with Crippen molar-refractivity contribution in [3.8, 4) is 0 Å². The second kappa shape index (κ2) is 7.07. The second-order valence-corrected chi connectivity index (χ2v) is 8.52. The summed E-state index contributed by atoms with van der Waals surface area (Å²) in [6.45, 7) is 8.83. The molecule has 0 amide bonds. The Bertz CT molecular complexity index is 548. The van der Waals surface area contributed by atoms with Gasteiger partial charge in [-0.05, 0) is 60.8 Å². The minimum atomic E-state index is -0.838. The first-order valence-electron chi connectivity index (χ1n) is 8.91. The summed E-state index contributed by atoms with van der Waals surface area (Å²) in [5.41, 5.74) is 2.51. The molecule has 3 aliphatic rings. The van der Waals surface area contributed by atoms with E-state index in [0.29, 0.717) is 11.8 Å². The summed E-state index contributed by atoms with van der Waals surface area (Å²) in [6.07, 6.45) is 11.0. The SMILES string of the molecule is CC(C)C1=CC2=CCC3C(C)(C(=O)[O-])CCCC3(C)C2CC1.[K+]. The van der Waals surface area contributed by atoms with E-state index in [9.17, 15) is 9.90 Å². The fourth-order valence-electron chi connectivity index (χ4n) is 5.59. The number of carbonyl (C=O) groups is 1. The zero-order valence-electron chi connectivity index (χ0n) is 15.4. The number of rotatable bonds is 2. The van der Waals surface area contributed by atoms with Crippen LogP contribution in [-0.4, -0.2) is 5.97 Å². The van der Waals surface area contributed by atoms with Gasteiger partial charge in [0, 0.05) is 11.4 Å². The van der Waals surface area contributed by atoms with E-state index < -0.39 is 11.4 Å². The first kappa shape index (κ1) is 19.9. The summed E-state index contributed by atoms with van der Waals surface area (Å²) in [5, 5.41) is 11.8. The molecule has 0 N–H and O–H groups in total. The number of carbonyl (C=O) groups excluding carboxylic acids is 1. The van der Waals surface area contributed by atoms with Crippen LogP contribution >= 0.6 is 0 Å². The zero-order chi connectivity index (χ0) is 16.1. The molecular weight excluding hydrogens is 311 g/mol. The zero-order valence-corrected chi connectivity index (χ0v) is 18.6. The predicted octanol–water partition coefficient (Wildman–Crippen LogP) is 0.876. The van der Waals surface area contributed by atoms with E-state index >= 15 is 0 Å². The average molecular weight is 341 g/mol. The van der Waals surface area contributed by atoms with Gasteiger partial charge in [0.1, 0.15) is 0 Å². The van der Waals surface area contributed by atoms with Crippen molar-refractivity contribution in [3.05, 3.63) is 23.3 Å². The van der Waals surface area contributed by atoms with Gasteiger partial charge in [-0.3, -0.25) is 0 Å². The molecule has 3 aliphatic carbocycles. The molecule has 4 unspecified atom stereocenters. The summed E-state index contributed by atoms with van der Waals surface area (Å²) < 4.78 is 0. The standard InChI is InChI=1S/C20H30O2.K/c1-13(2)14-6-8-16-15(12-14)7-9-17-19(16,3)10-5-11-20(17,4)18(21)22;/h7,12-13,16-17H,5-6,8-11H2,1-4H3,(H,21,22);/q;+1/p-1. The Balaban J connectivity index is 0.00000192. The van der Waals surface area contributed by atoms with Gasteiger partial charge in [0.25, 0.3) is 0 Å². The fourth-order valence-corrected chi connectivity index (χ4v) is 5.59. The van der Waals surface area contributed by atoms with Crippen molar-refractivity contribution in [2.45, 2.75) is 66.2 Å². The van der Waals surface area contributed by atoms with E-state index in [1.807, 2.05) is 6.92 Å². The third kappa shape index (κ3) is 3.21. The van der Waals surface area contributed by atoms with Crippen LogP contribution in [0.15, 0.2) is 23.3 Å². The van der Waals surface area contributed by atoms with Crippen molar-refractivity contribution in [1.29, 1.82) is 0 Å². The minimum Gasteiger partial charge on any atom is -0.550 e. The molecule has 3 heteroatoms. The smallest absolute Gasteiger partial charge is 0.550 e. The van der Waals surface area contributed by atoms with Crippen molar-refractivity contribution >= 4 is 5.97 Å². The summed E-state index contributed by atoms with van der Waals surface area (Å²) in [4.78, 5) is 11.8. The second-order valence-electron chi connectivity index (χ2n) is 8.52. The molecule has 122 valence electrons. The molecular formula is C20H29KO2. The Labute approximate surface area is 183 Å². The van der Waals surface area contributed by atoms with Crippen molar-refractivity contribution in [3.63, 3.8) is 0 Å². The maximum Gasteiger partial charge on any atom is 1.00 e. The number of carboxylic acid groups (broad SMARTS) is 1. The topological polar surface area (TPSA) is 40.1 Å². The largest absolute Gasteiger partial charge is 1.00 e. The first-order valence-corrected chi connectivity index (χ1v) is 8.91. The molecule has 0 bridgehead atoms. The van der Waals surface area contributed by atoms with Crippen molar-refractivity contribution in [2.75, 3.05) is 0 Å². The van der Waals surface area contributed by atoms with Gasteiger partial charge in [-0.25, -0.2) is 0 Å². The molecule has 0 heterocycles. The predicted molar refractivity (Wildman–Crippen MR) is 86.9 cm³/mol. The molecule has 4 atom stereocenters. The molecule has 0 saturated heterocycles. The van der Waals surface area contributed by atoms with Gasteiger partial charge in [-0.2, -0.15) is 0 Å². The Morgan fingerprint density at radius 2 is 2.00 bits per heavy atom. The van der Waals surface area contributed by atoms with E-state index in [-0.39, 0.29) is 62.7 Å². The Morgan fingerprint density at radius 3 is 2.61 bits per heavy atom.